The molecule has 1 aliphatic heterocycles. The molecule has 1 amide bonds. The van der Waals surface area contributed by atoms with Gasteiger partial charge in [-0.25, -0.2) is 8.78 Å². The van der Waals surface area contributed by atoms with Crippen molar-refractivity contribution in [1.82, 2.24) is 15.1 Å². The number of hydrogen-bond donors (Lipinski definition) is 1. The van der Waals surface area contributed by atoms with Gasteiger partial charge in [-0.1, -0.05) is 0 Å². The fourth-order valence-electron chi connectivity index (χ4n) is 3.20. The predicted molar refractivity (Wildman–Crippen MR) is 88.7 cm³/mol. The Hall–Kier alpha value is -2.28. The first kappa shape index (κ1) is 17.5. The van der Waals surface area contributed by atoms with E-state index in [9.17, 15) is 13.6 Å². The van der Waals surface area contributed by atoms with Gasteiger partial charge in [-0.15, -0.1) is 0 Å². The van der Waals surface area contributed by atoms with Crippen LogP contribution >= 0.6 is 0 Å². The van der Waals surface area contributed by atoms with Crippen LogP contribution in [-0.4, -0.2) is 41.3 Å². The lowest BCUT2D eigenvalue weighted by atomic mass is 9.91. The number of nitrogens with zero attached hydrogens (tertiary/aromatic N) is 2. The lowest BCUT2D eigenvalue weighted by Gasteiger charge is -2.34. The van der Waals surface area contributed by atoms with Gasteiger partial charge in [0.1, 0.15) is 0 Å². The van der Waals surface area contributed by atoms with Crippen LogP contribution in [0.15, 0.2) is 18.2 Å². The van der Waals surface area contributed by atoms with E-state index in [-0.39, 0.29) is 5.91 Å². The van der Waals surface area contributed by atoms with Gasteiger partial charge in [0.25, 0.3) is 0 Å². The summed E-state index contributed by atoms with van der Waals surface area (Å²) in [5, 5.41) is 7.21. The van der Waals surface area contributed by atoms with E-state index in [1.165, 1.54) is 6.07 Å². The molecule has 5 nitrogen and oxygen atoms in total. The molecule has 0 saturated heterocycles. The number of methoxy groups -OCH3 is 1. The molecular formula is C18H21F2N3O2. The Morgan fingerprint density at radius 2 is 2.12 bits per heavy atom. The third-order valence-corrected chi connectivity index (χ3v) is 4.50. The summed E-state index contributed by atoms with van der Waals surface area (Å²) in [6.45, 7) is 4.99. The molecule has 0 bridgehead atoms. The van der Waals surface area contributed by atoms with E-state index in [4.69, 9.17) is 4.74 Å². The summed E-state index contributed by atoms with van der Waals surface area (Å²) in [4.78, 5) is 14.6. The molecule has 2 aromatic rings. The maximum atomic E-state index is 13.6. The van der Waals surface area contributed by atoms with Crippen molar-refractivity contribution in [2.24, 2.45) is 5.41 Å². The van der Waals surface area contributed by atoms with Gasteiger partial charge in [0.2, 0.25) is 5.91 Å². The number of amides is 1. The number of aromatic nitrogens is 2. The first-order valence-electron chi connectivity index (χ1n) is 8.13. The molecule has 0 radical (unpaired) electrons. The van der Waals surface area contributed by atoms with Crippen molar-refractivity contribution < 1.29 is 18.3 Å². The molecule has 0 atom stereocenters. The SMILES string of the molecule is COCC(C)(C)C(=O)N1CCc2[nH]nc(-c3ccc(F)c(F)c3)c2C1. The molecule has 0 fully saturated rings. The number of ether oxygens (including phenoxy) is 1. The highest BCUT2D eigenvalue weighted by atomic mass is 19.2. The van der Waals surface area contributed by atoms with Gasteiger partial charge < -0.3 is 9.64 Å². The summed E-state index contributed by atoms with van der Waals surface area (Å²) in [6.07, 6.45) is 0.640. The highest BCUT2D eigenvalue weighted by Crippen LogP contribution is 2.31. The molecule has 1 N–H and O–H groups in total. The molecule has 134 valence electrons. The average molecular weight is 349 g/mol. The lowest BCUT2D eigenvalue weighted by Crippen LogP contribution is -2.45. The monoisotopic (exact) mass is 349 g/mol. The van der Waals surface area contributed by atoms with E-state index < -0.39 is 17.0 Å². The third kappa shape index (κ3) is 3.28. The number of aromatic amines is 1. The highest BCUT2D eigenvalue weighted by molar-refractivity contribution is 5.82. The van der Waals surface area contributed by atoms with E-state index >= 15 is 0 Å². The van der Waals surface area contributed by atoms with E-state index in [1.54, 1.807) is 12.0 Å². The van der Waals surface area contributed by atoms with Crippen molar-refractivity contribution in [3.63, 3.8) is 0 Å². The van der Waals surface area contributed by atoms with Crippen LogP contribution in [0.4, 0.5) is 8.78 Å². The Labute approximate surface area is 145 Å². The van der Waals surface area contributed by atoms with Crippen LogP contribution in [0.25, 0.3) is 11.3 Å². The Bertz CT molecular complexity index is 802. The maximum absolute atomic E-state index is 13.6. The Morgan fingerprint density at radius 1 is 1.36 bits per heavy atom. The number of carbonyl (C=O) groups excluding carboxylic acids is 1. The molecule has 1 aromatic heterocycles. The largest absolute Gasteiger partial charge is 0.384 e. The van der Waals surface area contributed by atoms with E-state index in [2.05, 4.69) is 10.2 Å². The van der Waals surface area contributed by atoms with Gasteiger partial charge in [-0.3, -0.25) is 9.89 Å². The molecule has 1 aromatic carbocycles. The quantitative estimate of drug-likeness (QED) is 0.923. The summed E-state index contributed by atoms with van der Waals surface area (Å²) in [5.74, 6) is -1.82. The minimum atomic E-state index is -0.917. The standard InChI is InChI=1S/C18H21F2N3O2/c1-18(2,10-25-3)17(24)23-7-6-15-12(9-23)16(22-21-15)11-4-5-13(19)14(20)8-11/h4-5,8H,6-7,9-10H2,1-3H3,(H,21,22). The van der Waals surface area contributed by atoms with Crippen molar-refractivity contribution in [2.75, 3.05) is 20.3 Å². The fraction of sp³-hybridized carbons (Fsp3) is 0.444. The minimum Gasteiger partial charge on any atom is -0.384 e. The van der Waals surface area contributed by atoms with Crippen LogP contribution < -0.4 is 0 Å². The molecule has 0 spiro atoms. The van der Waals surface area contributed by atoms with Gasteiger partial charge in [0.15, 0.2) is 11.6 Å². The first-order valence-corrected chi connectivity index (χ1v) is 8.13. The third-order valence-electron chi connectivity index (χ3n) is 4.50. The second kappa shape index (κ2) is 6.55. The number of benzene rings is 1. The number of H-pyrrole nitrogens is 1. The normalized spacial score (nSPS) is 14.5. The zero-order valence-electron chi connectivity index (χ0n) is 14.5. The Kier molecular flexibility index (Phi) is 4.60. The van der Waals surface area contributed by atoms with Crippen molar-refractivity contribution >= 4 is 5.91 Å². The smallest absolute Gasteiger partial charge is 0.230 e. The molecule has 0 aliphatic carbocycles. The minimum absolute atomic E-state index is 0.00237. The van der Waals surface area contributed by atoms with Gasteiger partial charge in [-0.05, 0) is 32.0 Å². The topological polar surface area (TPSA) is 58.2 Å². The van der Waals surface area contributed by atoms with E-state index in [1.807, 2.05) is 13.8 Å². The number of rotatable bonds is 4. The number of halogens is 2. The zero-order valence-corrected chi connectivity index (χ0v) is 14.5. The summed E-state index contributed by atoms with van der Waals surface area (Å²) < 4.78 is 31.9. The van der Waals surface area contributed by atoms with E-state index in [0.717, 1.165) is 23.4 Å². The molecule has 2 heterocycles. The lowest BCUT2D eigenvalue weighted by molar-refractivity contribution is -0.144. The number of hydrogen-bond acceptors (Lipinski definition) is 3. The van der Waals surface area contributed by atoms with Crippen LogP contribution in [-0.2, 0) is 22.5 Å². The van der Waals surface area contributed by atoms with Crippen LogP contribution in [0.3, 0.4) is 0 Å². The highest BCUT2D eigenvalue weighted by Gasteiger charge is 2.35. The molecule has 25 heavy (non-hydrogen) atoms. The zero-order chi connectivity index (χ0) is 18.2. The molecule has 0 unspecified atom stereocenters. The number of nitrogens with one attached hydrogen (secondary N) is 1. The van der Waals surface area contributed by atoms with Crippen molar-refractivity contribution in [2.45, 2.75) is 26.8 Å². The Morgan fingerprint density at radius 3 is 2.80 bits per heavy atom. The van der Waals surface area contributed by atoms with Gasteiger partial charge >= 0.3 is 0 Å². The summed E-state index contributed by atoms with van der Waals surface area (Å²) in [7, 11) is 1.57. The summed E-state index contributed by atoms with van der Waals surface area (Å²) >= 11 is 0. The molecule has 3 rings (SSSR count). The van der Waals surface area contributed by atoms with Gasteiger partial charge in [-0.2, -0.15) is 5.10 Å². The summed E-state index contributed by atoms with van der Waals surface area (Å²) in [5.41, 5.74) is 2.18. The Balaban J connectivity index is 1.89. The molecule has 0 saturated carbocycles. The number of carbonyl (C=O) groups is 1. The van der Waals surface area contributed by atoms with Crippen LogP contribution in [0.5, 0.6) is 0 Å². The maximum Gasteiger partial charge on any atom is 0.230 e. The van der Waals surface area contributed by atoms with Gasteiger partial charge in [0, 0.05) is 43.4 Å². The van der Waals surface area contributed by atoms with Crippen LogP contribution in [0, 0.1) is 17.0 Å². The molecular weight excluding hydrogens is 328 g/mol. The van der Waals surface area contributed by atoms with Crippen LogP contribution in [0.1, 0.15) is 25.1 Å². The molecule has 1 aliphatic rings. The second-order valence-corrected chi connectivity index (χ2v) is 6.95. The van der Waals surface area contributed by atoms with Crippen molar-refractivity contribution in [3.8, 4) is 11.3 Å². The van der Waals surface area contributed by atoms with Gasteiger partial charge in [0.05, 0.1) is 17.7 Å². The van der Waals surface area contributed by atoms with Crippen molar-refractivity contribution in [3.05, 3.63) is 41.1 Å². The van der Waals surface area contributed by atoms with Crippen molar-refractivity contribution in [1.29, 1.82) is 0 Å². The average Bonchev–Trinajstić information content (AvgIpc) is 2.99. The second-order valence-electron chi connectivity index (χ2n) is 6.95. The molecule has 7 heteroatoms. The summed E-state index contributed by atoms with van der Waals surface area (Å²) in [6, 6.07) is 3.70. The number of fused-ring (bicyclic) bond motifs is 1. The fourth-order valence-corrected chi connectivity index (χ4v) is 3.20. The predicted octanol–water partition coefficient (Wildman–Crippen LogP) is 2.91. The van der Waals surface area contributed by atoms with Crippen LogP contribution in [0.2, 0.25) is 0 Å². The van der Waals surface area contributed by atoms with E-state index in [0.29, 0.717) is 37.4 Å². The first-order chi connectivity index (χ1) is 11.8.